The minimum Gasteiger partial charge on any atom is -0.352 e. The Morgan fingerprint density at radius 3 is 2.72 bits per heavy atom. The van der Waals surface area contributed by atoms with Crippen LogP contribution in [0, 0.1) is 11.8 Å². The molecule has 6 heteroatoms. The molecule has 18 heavy (non-hydrogen) atoms. The quantitative estimate of drug-likeness (QED) is 0.767. The van der Waals surface area contributed by atoms with E-state index < -0.39 is 6.03 Å². The molecular weight excluding hydrogens is 298 g/mol. The Balaban J connectivity index is 2.47. The largest absolute Gasteiger partial charge is 0.352 e. The van der Waals surface area contributed by atoms with Gasteiger partial charge in [0.2, 0.25) is 5.91 Å². The number of amides is 3. The van der Waals surface area contributed by atoms with Gasteiger partial charge in [0.25, 0.3) is 0 Å². The van der Waals surface area contributed by atoms with Gasteiger partial charge in [0.05, 0.1) is 4.83 Å². The summed E-state index contributed by atoms with van der Waals surface area (Å²) in [6, 6.07) is -0.501. The highest BCUT2D eigenvalue weighted by atomic mass is 79.9. The van der Waals surface area contributed by atoms with E-state index in [-0.39, 0.29) is 16.7 Å². The highest BCUT2D eigenvalue weighted by Gasteiger charge is 2.28. The Hall–Kier alpha value is -0.780. The molecular formula is C12H22BrN3O2. The summed E-state index contributed by atoms with van der Waals surface area (Å²) in [6.07, 6.45) is 2.01. The molecule has 0 aromatic heterocycles. The van der Waals surface area contributed by atoms with Gasteiger partial charge >= 0.3 is 6.03 Å². The fourth-order valence-electron chi connectivity index (χ4n) is 2.14. The van der Waals surface area contributed by atoms with Crippen molar-refractivity contribution in [2.45, 2.75) is 31.5 Å². The number of primary amides is 1. The second kappa shape index (κ2) is 6.97. The van der Waals surface area contributed by atoms with E-state index in [1.807, 2.05) is 18.7 Å². The number of rotatable bonds is 4. The molecule has 1 aliphatic heterocycles. The van der Waals surface area contributed by atoms with Crippen LogP contribution in [0.3, 0.4) is 0 Å². The molecule has 0 aliphatic carbocycles. The number of hydrogen-bond donors (Lipinski definition) is 2. The average molecular weight is 320 g/mol. The Bertz CT molecular complexity index is 310. The third kappa shape index (κ3) is 4.48. The molecule has 5 nitrogen and oxygen atoms in total. The van der Waals surface area contributed by atoms with Crippen LogP contribution in [0.5, 0.6) is 0 Å². The Morgan fingerprint density at radius 1 is 1.50 bits per heavy atom. The standard InChI is InChI=1S/C12H22BrN3O2/c1-8(2)10(13)11(17)16-5-3-4-9(7-16)6-15-12(14)18/h8-10H,3-7H2,1-2H3,(H3,14,15,18). The van der Waals surface area contributed by atoms with Gasteiger partial charge in [-0.3, -0.25) is 4.79 Å². The summed E-state index contributed by atoms with van der Waals surface area (Å²) < 4.78 is 0. The van der Waals surface area contributed by atoms with Crippen molar-refractivity contribution in [3.8, 4) is 0 Å². The van der Waals surface area contributed by atoms with E-state index in [2.05, 4.69) is 21.2 Å². The van der Waals surface area contributed by atoms with Crippen LogP contribution >= 0.6 is 15.9 Å². The first-order chi connectivity index (χ1) is 8.41. The predicted octanol–water partition coefficient (Wildman–Crippen LogP) is 1.31. The molecule has 3 amide bonds. The van der Waals surface area contributed by atoms with Gasteiger partial charge in [-0.25, -0.2) is 4.79 Å². The van der Waals surface area contributed by atoms with Crippen molar-refractivity contribution in [3.63, 3.8) is 0 Å². The van der Waals surface area contributed by atoms with Gasteiger partial charge in [0.1, 0.15) is 0 Å². The summed E-state index contributed by atoms with van der Waals surface area (Å²) in [7, 11) is 0. The van der Waals surface area contributed by atoms with Gasteiger partial charge in [-0.1, -0.05) is 29.8 Å². The van der Waals surface area contributed by atoms with Gasteiger partial charge in [-0.05, 0) is 24.7 Å². The van der Waals surface area contributed by atoms with Gasteiger partial charge in [0.15, 0.2) is 0 Å². The Kier molecular flexibility index (Phi) is 5.91. The number of urea groups is 1. The molecule has 104 valence electrons. The summed E-state index contributed by atoms with van der Waals surface area (Å²) in [4.78, 5) is 24.6. The van der Waals surface area contributed by atoms with Crippen molar-refractivity contribution in [2.75, 3.05) is 19.6 Å². The van der Waals surface area contributed by atoms with Crippen molar-refractivity contribution >= 4 is 27.9 Å². The molecule has 0 aromatic rings. The fraction of sp³-hybridized carbons (Fsp3) is 0.833. The number of hydrogen-bond acceptors (Lipinski definition) is 2. The Morgan fingerprint density at radius 2 is 2.17 bits per heavy atom. The van der Waals surface area contributed by atoms with E-state index in [9.17, 15) is 9.59 Å². The lowest BCUT2D eigenvalue weighted by Gasteiger charge is -2.34. The number of alkyl halides is 1. The predicted molar refractivity (Wildman–Crippen MR) is 74.4 cm³/mol. The van der Waals surface area contributed by atoms with Gasteiger partial charge in [0, 0.05) is 19.6 Å². The number of likely N-dealkylation sites (tertiary alicyclic amines) is 1. The van der Waals surface area contributed by atoms with E-state index in [1.54, 1.807) is 0 Å². The van der Waals surface area contributed by atoms with Crippen LogP contribution in [-0.4, -0.2) is 41.3 Å². The van der Waals surface area contributed by atoms with E-state index >= 15 is 0 Å². The van der Waals surface area contributed by atoms with Gasteiger partial charge < -0.3 is 16.0 Å². The minimum absolute atomic E-state index is 0.125. The molecule has 3 N–H and O–H groups in total. The first-order valence-electron chi connectivity index (χ1n) is 6.38. The molecule has 0 bridgehead atoms. The third-order valence-electron chi connectivity index (χ3n) is 3.22. The topological polar surface area (TPSA) is 75.4 Å². The number of carbonyl (C=O) groups excluding carboxylic acids is 2. The zero-order chi connectivity index (χ0) is 13.7. The number of nitrogens with one attached hydrogen (secondary N) is 1. The van der Waals surface area contributed by atoms with Crippen molar-refractivity contribution in [1.29, 1.82) is 0 Å². The molecule has 1 aliphatic rings. The molecule has 1 rings (SSSR count). The van der Waals surface area contributed by atoms with E-state index in [1.165, 1.54) is 0 Å². The van der Waals surface area contributed by atoms with E-state index in [4.69, 9.17) is 5.73 Å². The summed E-state index contributed by atoms with van der Waals surface area (Å²) in [5, 5.41) is 2.62. The van der Waals surface area contributed by atoms with Crippen molar-refractivity contribution in [3.05, 3.63) is 0 Å². The molecule has 0 spiro atoms. The lowest BCUT2D eigenvalue weighted by molar-refractivity contribution is -0.132. The molecule has 1 saturated heterocycles. The number of nitrogens with two attached hydrogens (primary N) is 1. The van der Waals surface area contributed by atoms with Gasteiger partial charge in [-0.15, -0.1) is 0 Å². The zero-order valence-electron chi connectivity index (χ0n) is 11.0. The number of carbonyl (C=O) groups is 2. The molecule has 0 aromatic carbocycles. The number of piperidine rings is 1. The monoisotopic (exact) mass is 319 g/mol. The second-order valence-corrected chi connectivity index (χ2v) is 6.17. The van der Waals surface area contributed by atoms with E-state index in [0.29, 0.717) is 19.0 Å². The highest BCUT2D eigenvalue weighted by molar-refractivity contribution is 9.10. The maximum absolute atomic E-state index is 12.2. The van der Waals surface area contributed by atoms with Crippen molar-refractivity contribution < 1.29 is 9.59 Å². The normalized spacial score (nSPS) is 21.8. The first-order valence-corrected chi connectivity index (χ1v) is 7.29. The summed E-state index contributed by atoms with van der Waals surface area (Å²) in [6.45, 7) is 6.10. The summed E-state index contributed by atoms with van der Waals surface area (Å²) in [5.74, 6) is 0.734. The third-order valence-corrected chi connectivity index (χ3v) is 4.67. The zero-order valence-corrected chi connectivity index (χ0v) is 12.6. The van der Waals surface area contributed by atoms with Crippen LogP contribution < -0.4 is 11.1 Å². The highest BCUT2D eigenvalue weighted by Crippen LogP contribution is 2.21. The Labute approximate surface area is 117 Å². The van der Waals surface area contributed by atoms with E-state index in [0.717, 1.165) is 19.4 Å². The molecule has 2 atom stereocenters. The summed E-state index contributed by atoms with van der Waals surface area (Å²) >= 11 is 3.44. The van der Waals surface area contributed by atoms with Crippen LogP contribution in [0.25, 0.3) is 0 Å². The van der Waals surface area contributed by atoms with Crippen LogP contribution in [-0.2, 0) is 4.79 Å². The van der Waals surface area contributed by atoms with Gasteiger partial charge in [-0.2, -0.15) is 0 Å². The lowest BCUT2D eigenvalue weighted by atomic mass is 9.97. The number of halogens is 1. The molecule has 0 saturated carbocycles. The van der Waals surface area contributed by atoms with Crippen LogP contribution in [0.4, 0.5) is 4.79 Å². The van der Waals surface area contributed by atoms with Crippen LogP contribution in [0.15, 0.2) is 0 Å². The lowest BCUT2D eigenvalue weighted by Crippen LogP contribution is -2.47. The maximum Gasteiger partial charge on any atom is 0.312 e. The molecule has 0 radical (unpaired) electrons. The van der Waals surface area contributed by atoms with Crippen molar-refractivity contribution in [1.82, 2.24) is 10.2 Å². The molecule has 1 heterocycles. The maximum atomic E-state index is 12.2. The number of nitrogens with zero attached hydrogens (tertiary/aromatic N) is 1. The first kappa shape index (κ1) is 15.3. The van der Waals surface area contributed by atoms with Crippen LogP contribution in [0.2, 0.25) is 0 Å². The summed E-state index contributed by atoms with van der Waals surface area (Å²) in [5.41, 5.74) is 5.05. The minimum atomic E-state index is -0.501. The molecule has 2 unspecified atom stereocenters. The van der Waals surface area contributed by atoms with Crippen molar-refractivity contribution in [2.24, 2.45) is 17.6 Å². The smallest absolute Gasteiger partial charge is 0.312 e. The SMILES string of the molecule is CC(C)C(Br)C(=O)N1CCCC(CNC(N)=O)C1. The molecule has 1 fully saturated rings. The average Bonchev–Trinajstić information content (AvgIpc) is 2.34. The van der Waals surface area contributed by atoms with Crippen LogP contribution in [0.1, 0.15) is 26.7 Å². The fourth-order valence-corrected chi connectivity index (χ4v) is 2.43. The second-order valence-electron chi connectivity index (χ2n) is 5.18.